The molecule has 0 bridgehead atoms. The Morgan fingerprint density at radius 3 is 1.94 bits per heavy atom. The zero-order valence-electron chi connectivity index (χ0n) is 20.6. The predicted octanol–water partition coefficient (Wildman–Crippen LogP) is 6.74. The van der Waals surface area contributed by atoms with E-state index in [-0.39, 0.29) is 0 Å². The van der Waals surface area contributed by atoms with Gasteiger partial charge in [0.15, 0.2) is 0 Å². The van der Waals surface area contributed by atoms with Gasteiger partial charge in [-0.3, -0.25) is 0 Å². The largest absolute Gasteiger partial charge is 0.241 e. The Morgan fingerprint density at radius 2 is 1.39 bits per heavy atom. The molecule has 5 heteroatoms. The lowest BCUT2D eigenvalue weighted by Crippen LogP contribution is -2.30. The van der Waals surface area contributed by atoms with Crippen molar-refractivity contribution in [3.05, 3.63) is 136 Å². The molecule has 1 unspecified atom stereocenters. The number of nitrogens with one attached hydrogen (secondary N) is 1. The van der Waals surface area contributed by atoms with Gasteiger partial charge < -0.3 is 0 Å². The van der Waals surface area contributed by atoms with E-state index in [1.54, 1.807) is 12.1 Å². The number of aryl methyl sites for hydroxylation is 3. The average molecular weight is 493 g/mol. The van der Waals surface area contributed by atoms with Gasteiger partial charge in [0, 0.05) is 0 Å². The van der Waals surface area contributed by atoms with Crippen molar-refractivity contribution in [3.63, 3.8) is 0 Å². The Bertz CT molecular complexity index is 1510. The maximum Gasteiger partial charge on any atom is 0.241 e. The highest BCUT2D eigenvalue weighted by atomic mass is 32.2. The number of nitriles is 1. The number of hydrogen-bond acceptors (Lipinski definition) is 3. The Balaban J connectivity index is 1.92. The summed E-state index contributed by atoms with van der Waals surface area (Å²) in [5.74, 6) is 0. The molecule has 0 saturated heterocycles. The van der Waals surface area contributed by atoms with Gasteiger partial charge in [-0.05, 0) is 72.4 Å². The van der Waals surface area contributed by atoms with E-state index in [0.717, 1.165) is 27.8 Å². The van der Waals surface area contributed by atoms with Crippen LogP contribution in [0.1, 0.15) is 45.0 Å². The molecule has 0 heterocycles. The number of hydrogen-bond donors (Lipinski definition) is 1. The summed E-state index contributed by atoms with van der Waals surface area (Å²) in [5.41, 5.74) is 6.33. The summed E-state index contributed by atoms with van der Waals surface area (Å²) in [6.45, 7) is 5.60. The lowest BCUT2D eigenvalue weighted by atomic mass is 9.91. The standard InChI is InChI=1S/C31H28N2O2S/c1-22-18-23(2)31(24(3)19-22)36(34,35)33-30(28-16-14-26(21-32)15-17-28)29(27-12-8-5-9-13-27)20-25-10-6-4-7-11-25/h4-20,30,33H,1-3H3/b29-20+. The Kier molecular flexibility index (Phi) is 7.49. The van der Waals surface area contributed by atoms with Crippen molar-refractivity contribution in [2.75, 3.05) is 0 Å². The SMILES string of the molecule is Cc1cc(C)c(S(=O)(=O)NC(/C(=C/c2ccccc2)c2ccccc2)c2ccc(C#N)cc2)c(C)c1. The van der Waals surface area contributed by atoms with E-state index in [2.05, 4.69) is 10.8 Å². The molecule has 0 radical (unpaired) electrons. The molecule has 0 spiro atoms. The summed E-state index contributed by atoms with van der Waals surface area (Å²) in [6.07, 6.45) is 2.01. The molecule has 0 aliphatic rings. The van der Waals surface area contributed by atoms with Crippen molar-refractivity contribution in [1.29, 1.82) is 5.26 Å². The summed E-state index contributed by atoms with van der Waals surface area (Å²) >= 11 is 0. The van der Waals surface area contributed by atoms with Crippen LogP contribution in [-0.2, 0) is 10.0 Å². The lowest BCUT2D eigenvalue weighted by Gasteiger charge is -2.24. The first-order valence-electron chi connectivity index (χ1n) is 11.7. The van der Waals surface area contributed by atoms with Gasteiger partial charge in [0.2, 0.25) is 10.0 Å². The summed E-state index contributed by atoms with van der Waals surface area (Å²) < 4.78 is 30.8. The second-order valence-corrected chi connectivity index (χ2v) is 10.5. The molecule has 4 nitrogen and oxygen atoms in total. The molecule has 36 heavy (non-hydrogen) atoms. The quantitative estimate of drug-likeness (QED) is 0.290. The third-order valence-corrected chi connectivity index (χ3v) is 7.79. The van der Waals surface area contributed by atoms with Gasteiger partial charge in [-0.1, -0.05) is 90.5 Å². The first-order valence-corrected chi connectivity index (χ1v) is 13.2. The highest BCUT2D eigenvalue weighted by molar-refractivity contribution is 7.89. The van der Waals surface area contributed by atoms with E-state index in [4.69, 9.17) is 0 Å². The molecule has 0 aliphatic carbocycles. The first kappa shape index (κ1) is 25.1. The predicted molar refractivity (Wildman–Crippen MR) is 146 cm³/mol. The zero-order chi connectivity index (χ0) is 25.7. The molecule has 0 amide bonds. The highest BCUT2D eigenvalue weighted by Gasteiger charge is 2.28. The normalized spacial score (nSPS) is 12.7. The van der Waals surface area contributed by atoms with Gasteiger partial charge in [-0.2, -0.15) is 9.98 Å². The number of benzene rings is 4. The van der Waals surface area contributed by atoms with Gasteiger partial charge in [0.25, 0.3) is 0 Å². The summed E-state index contributed by atoms with van der Waals surface area (Å²) in [7, 11) is -3.90. The first-order chi connectivity index (χ1) is 17.3. The highest BCUT2D eigenvalue weighted by Crippen LogP contribution is 2.34. The molecule has 4 aromatic carbocycles. The molecule has 4 aromatic rings. The van der Waals surface area contributed by atoms with Crippen LogP contribution in [-0.4, -0.2) is 8.42 Å². The minimum absolute atomic E-state index is 0.291. The van der Waals surface area contributed by atoms with Crippen molar-refractivity contribution in [2.45, 2.75) is 31.7 Å². The third-order valence-electron chi connectivity index (χ3n) is 6.06. The molecule has 0 saturated carbocycles. The Hall–Kier alpha value is -3.98. The molecule has 0 fully saturated rings. The second-order valence-electron chi connectivity index (χ2n) is 8.89. The van der Waals surface area contributed by atoms with E-state index in [1.807, 2.05) is 112 Å². The van der Waals surface area contributed by atoms with Crippen LogP contribution < -0.4 is 4.72 Å². The fourth-order valence-corrected chi connectivity index (χ4v) is 6.22. The van der Waals surface area contributed by atoms with Gasteiger partial charge in [-0.15, -0.1) is 0 Å². The van der Waals surface area contributed by atoms with Crippen molar-refractivity contribution in [2.24, 2.45) is 0 Å². The van der Waals surface area contributed by atoms with Gasteiger partial charge in [-0.25, -0.2) is 8.42 Å². The van der Waals surface area contributed by atoms with Crippen molar-refractivity contribution < 1.29 is 8.42 Å². The zero-order valence-corrected chi connectivity index (χ0v) is 21.4. The van der Waals surface area contributed by atoms with E-state index >= 15 is 0 Å². The molecular weight excluding hydrogens is 464 g/mol. The monoisotopic (exact) mass is 492 g/mol. The van der Waals surface area contributed by atoms with Crippen LogP contribution >= 0.6 is 0 Å². The minimum atomic E-state index is -3.90. The van der Waals surface area contributed by atoms with E-state index < -0.39 is 16.1 Å². The smallest absolute Gasteiger partial charge is 0.207 e. The molecule has 4 rings (SSSR count). The van der Waals surface area contributed by atoms with E-state index in [9.17, 15) is 13.7 Å². The number of nitrogens with zero attached hydrogens (tertiary/aromatic N) is 1. The third kappa shape index (κ3) is 5.63. The summed E-state index contributed by atoms with van der Waals surface area (Å²) in [5, 5.41) is 9.29. The Labute approximate surface area is 213 Å². The van der Waals surface area contributed by atoms with Crippen LogP contribution in [0.4, 0.5) is 0 Å². The lowest BCUT2D eigenvalue weighted by molar-refractivity contribution is 0.574. The van der Waals surface area contributed by atoms with Crippen LogP contribution in [0.3, 0.4) is 0 Å². The van der Waals surface area contributed by atoms with Crippen molar-refractivity contribution in [1.82, 2.24) is 4.72 Å². The van der Waals surface area contributed by atoms with Crippen LogP contribution in [0, 0.1) is 32.1 Å². The maximum atomic E-state index is 13.9. The van der Waals surface area contributed by atoms with Crippen molar-refractivity contribution in [3.8, 4) is 6.07 Å². The van der Waals surface area contributed by atoms with Gasteiger partial charge in [0.1, 0.15) is 0 Å². The molecule has 180 valence electrons. The average Bonchev–Trinajstić information content (AvgIpc) is 2.86. The number of rotatable bonds is 7. The van der Waals surface area contributed by atoms with Gasteiger partial charge >= 0.3 is 0 Å². The van der Waals surface area contributed by atoms with E-state index in [1.165, 1.54) is 0 Å². The maximum absolute atomic E-state index is 13.9. The molecule has 0 aliphatic heterocycles. The number of sulfonamides is 1. The minimum Gasteiger partial charge on any atom is -0.207 e. The van der Waals surface area contributed by atoms with Crippen LogP contribution in [0.2, 0.25) is 0 Å². The van der Waals surface area contributed by atoms with E-state index in [0.29, 0.717) is 21.6 Å². The van der Waals surface area contributed by atoms with Gasteiger partial charge in [0.05, 0.1) is 22.6 Å². The summed E-state index contributed by atoms with van der Waals surface area (Å²) in [6, 6.07) is 31.8. The molecular formula is C31H28N2O2S. The van der Waals surface area contributed by atoms with Crippen LogP contribution in [0.5, 0.6) is 0 Å². The van der Waals surface area contributed by atoms with Crippen LogP contribution in [0.25, 0.3) is 11.6 Å². The van der Waals surface area contributed by atoms with Crippen molar-refractivity contribution >= 4 is 21.7 Å². The summed E-state index contributed by atoms with van der Waals surface area (Å²) in [4.78, 5) is 0.291. The fraction of sp³-hybridized carbons (Fsp3) is 0.129. The fourth-order valence-electron chi connectivity index (χ4n) is 4.56. The Morgan fingerprint density at radius 1 is 0.833 bits per heavy atom. The second kappa shape index (κ2) is 10.7. The van der Waals surface area contributed by atoms with Crippen LogP contribution in [0.15, 0.2) is 102 Å². The molecule has 1 atom stereocenters. The molecule has 0 aromatic heterocycles. The molecule has 1 N–H and O–H groups in total. The topological polar surface area (TPSA) is 70.0 Å².